The van der Waals surface area contributed by atoms with Crippen LogP contribution in [0.5, 0.6) is 0 Å². The molecule has 0 saturated heterocycles. The van der Waals surface area contributed by atoms with Crippen LogP contribution in [0.15, 0.2) is 22.3 Å². The lowest BCUT2D eigenvalue weighted by atomic mass is 10.3. The summed E-state index contributed by atoms with van der Waals surface area (Å²) >= 11 is 0. The fourth-order valence-corrected chi connectivity index (χ4v) is 1.12. The van der Waals surface area contributed by atoms with E-state index in [2.05, 4.69) is 25.8 Å². The molecule has 1 N–H and O–H groups in total. The minimum Gasteiger partial charge on any atom is -0.321 e. The summed E-state index contributed by atoms with van der Waals surface area (Å²) in [6.45, 7) is 1.81. The van der Waals surface area contributed by atoms with Crippen molar-refractivity contribution < 1.29 is 0 Å². The van der Waals surface area contributed by atoms with Crippen LogP contribution < -0.4 is 10.6 Å². The Morgan fingerprint density at radius 2 is 2.27 bits per heavy atom. The number of anilines is 1. The Kier molecular flexibility index (Phi) is 2.29. The molecule has 0 aliphatic carbocycles. The van der Waals surface area contributed by atoms with Crippen molar-refractivity contribution in [3.63, 3.8) is 0 Å². The predicted octanol–water partition coefficient (Wildman–Crippen LogP) is 0.591. The van der Waals surface area contributed by atoms with E-state index in [1.807, 2.05) is 6.07 Å². The van der Waals surface area contributed by atoms with E-state index in [-0.39, 0.29) is 0 Å². The highest BCUT2D eigenvalue weighted by Gasteiger charge is 2.07. The average Bonchev–Trinajstić information content (AvgIpc) is 2.74. The van der Waals surface area contributed by atoms with E-state index in [4.69, 9.17) is 5.26 Å². The van der Waals surface area contributed by atoms with E-state index in [0.717, 1.165) is 11.4 Å². The second-order valence-corrected chi connectivity index (χ2v) is 2.85. The zero-order valence-corrected chi connectivity index (χ0v) is 7.97. The van der Waals surface area contributed by atoms with Crippen molar-refractivity contribution in [3.05, 3.63) is 23.5 Å². The van der Waals surface area contributed by atoms with Crippen LogP contribution in [0.4, 0.5) is 5.69 Å². The maximum atomic E-state index is 8.64. The standard InChI is InChI=1S/C9H7N6/c1-6-8(3-2-7(4-10)13-6)14-9-11-5-12-15-9/h2-3,5H,1H3,(H,14,15). The summed E-state index contributed by atoms with van der Waals surface area (Å²) in [6.07, 6.45) is 1.36. The fraction of sp³-hybridized carbons (Fsp3) is 0.111. The van der Waals surface area contributed by atoms with Crippen molar-refractivity contribution in [1.29, 1.82) is 5.26 Å². The van der Waals surface area contributed by atoms with Gasteiger partial charge in [0, 0.05) is 0 Å². The van der Waals surface area contributed by atoms with Crippen molar-refractivity contribution in [1.82, 2.24) is 10.3 Å². The molecule has 1 aliphatic rings. The van der Waals surface area contributed by atoms with Crippen molar-refractivity contribution >= 4 is 18.0 Å². The zero-order chi connectivity index (χ0) is 10.7. The van der Waals surface area contributed by atoms with Crippen LogP contribution in [-0.2, 0) is 0 Å². The lowest BCUT2D eigenvalue weighted by Crippen LogP contribution is -2.20. The van der Waals surface area contributed by atoms with Gasteiger partial charge in [-0.1, -0.05) is 0 Å². The van der Waals surface area contributed by atoms with Crippen molar-refractivity contribution in [2.24, 2.45) is 10.2 Å². The normalized spacial score (nSPS) is 12.9. The molecule has 0 atom stereocenters. The molecule has 1 aromatic rings. The molecular formula is C9H7N6. The quantitative estimate of drug-likeness (QED) is 0.717. The number of hydrogen-bond acceptors (Lipinski definition) is 5. The first-order valence-corrected chi connectivity index (χ1v) is 4.25. The van der Waals surface area contributed by atoms with Gasteiger partial charge in [0.25, 0.3) is 0 Å². The molecule has 2 heterocycles. The summed E-state index contributed by atoms with van der Waals surface area (Å²) in [5, 5.41) is 22.8. The number of nitrogens with zero attached hydrogens (tertiary/aromatic N) is 5. The first kappa shape index (κ1) is 9.15. The van der Waals surface area contributed by atoms with E-state index in [9.17, 15) is 0 Å². The monoisotopic (exact) mass is 199 g/mol. The van der Waals surface area contributed by atoms with Crippen molar-refractivity contribution in [2.75, 3.05) is 5.32 Å². The molecule has 1 aliphatic heterocycles. The van der Waals surface area contributed by atoms with Gasteiger partial charge in [0.15, 0.2) is 0 Å². The first-order valence-electron chi connectivity index (χ1n) is 4.25. The van der Waals surface area contributed by atoms with E-state index in [1.54, 1.807) is 19.1 Å². The molecule has 6 heteroatoms. The van der Waals surface area contributed by atoms with Gasteiger partial charge in [0.1, 0.15) is 18.1 Å². The summed E-state index contributed by atoms with van der Waals surface area (Å²) in [5.41, 5.74) is 1.88. The van der Waals surface area contributed by atoms with Gasteiger partial charge < -0.3 is 5.32 Å². The Bertz CT molecular complexity index is 482. The molecule has 1 aromatic heterocycles. The van der Waals surface area contributed by atoms with E-state index in [1.165, 1.54) is 6.34 Å². The molecule has 73 valence electrons. The number of aryl methyl sites for hydroxylation is 1. The number of pyridine rings is 1. The Morgan fingerprint density at radius 3 is 2.87 bits per heavy atom. The molecule has 0 aromatic carbocycles. The molecule has 0 spiro atoms. The van der Waals surface area contributed by atoms with Crippen LogP contribution in [0.2, 0.25) is 0 Å². The number of nitrogens with one attached hydrogen (secondary N) is 1. The van der Waals surface area contributed by atoms with Crippen LogP contribution >= 0.6 is 0 Å². The Labute approximate surface area is 86.4 Å². The smallest absolute Gasteiger partial charge is 0.248 e. The van der Waals surface area contributed by atoms with E-state index >= 15 is 0 Å². The number of aromatic nitrogens is 1. The third kappa shape index (κ3) is 1.91. The van der Waals surface area contributed by atoms with Crippen LogP contribution in [0.1, 0.15) is 11.4 Å². The molecule has 0 fully saturated rings. The minimum atomic E-state index is 0.389. The van der Waals surface area contributed by atoms with Gasteiger partial charge in [0.2, 0.25) is 5.96 Å². The van der Waals surface area contributed by atoms with Gasteiger partial charge in [-0.15, -0.1) is 10.2 Å². The lowest BCUT2D eigenvalue weighted by Gasteiger charge is -2.06. The Hall–Kier alpha value is -2.42. The molecule has 0 bridgehead atoms. The fourth-order valence-electron chi connectivity index (χ4n) is 1.12. The zero-order valence-electron chi connectivity index (χ0n) is 7.97. The number of nitriles is 1. The molecular weight excluding hydrogens is 192 g/mol. The van der Waals surface area contributed by atoms with Crippen LogP contribution in [-0.4, -0.2) is 17.3 Å². The van der Waals surface area contributed by atoms with Gasteiger partial charge in [-0.05, 0) is 19.1 Å². The maximum absolute atomic E-state index is 8.64. The van der Waals surface area contributed by atoms with E-state index < -0.39 is 0 Å². The third-order valence-corrected chi connectivity index (χ3v) is 1.83. The first-order chi connectivity index (χ1) is 7.29. The lowest BCUT2D eigenvalue weighted by molar-refractivity contribution is 1.16. The summed E-state index contributed by atoms with van der Waals surface area (Å²) in [4.78, 5) is 4.07. The van der Waals surface area contributed by atoms with Gasteiger partial charge in [0.05, 0.1) is 11.4 Å². The second-order valence-electron chi connectivity index (χ2n) is 2.85. The van der Waals surface area contributed by atoms with Crippen molar-refractivity contribution in [2.45, 2.75) is 6.92 Å². The number of guanidine groups is 1. The highest BCUT2D eigenvalue weighted by atomic mass is 15.4. The Morgan fingerprint density at radius 1 is 1.40 bits per heavy atom. The highest BCUT2D eigenvalue weighted by molar-refractivity contribution is 6.01. The molecule has 0 unspecified atom stereocenters. The molecule has 1 radical (unpaired) electrons. The minimum absolute atomic E-state index is 0.389. The molecule has 15 heavy (non-hydrogen) atoms. The highest BCUT2D eigenvalue weighted by Crippen LogP contribution is 2.12. The third-order valence-electron chi connectivity index (χ3n) is 1.83. The largest absolute Gasteiger partial charge is 0.321 e. The molecule has 0 saturated carbocycles. The molecule has 2 rings (SSSR count). The van der Waals surface area contributed by atoms with Gasteiger partial charge in [-0.3, -0.25) is 0 Å². The summed E-state index contributed by atoms with van der Waals surface area (Å²) in [7, 11) is 0. The van der Waals surface area contributed by atoms with E-state index in [0.29, 0.717) is 11.7 Å². The number of hydrogen-bond donors (Lipinski definition) is 1. The summed E-state index contributed by atoms with van der Waals surface area (Å²) < 4.78 is 0. The molecule has 6 nitrogen and oxygen atoms in total. The second kappa shape index (κ2) is 3.75. The SMILES string of the molecule is Cc1nc(C#N)ccc1NC1=NN=C[N]1. The Balaban J connectivity index is 2.19. The topological polar surface area (TPSA) is 87.5 Å². The van der Waals surface area contributed by atoms with Crippen LogP contribution in [0, 0.1) is 18.3 Å². The van der Waals surface area contributed by atoms with Crippen LogP contribution in [0.3, 0.4) is 0 Å². The molecule has 0 amide bonds. The predicted molar refractivity (Wildman–Crippen MR) is 55.4 cm³/mol. The van der Waals surface area contributed by atoms with Gasteiger partial charge in [-0.2, -0.15) is 10.6 Å². The van der Waals surface area contributed by atoms with Crippen LogP contribution in [0.25, 0.3) is 0 Å². The summed E-state index contributed by atoms with van der Waals surface area (Å²) in [5.74, 6) is 0.421. The van der Waals surface area contributed by atoms with Gasteiger partial charge in [-0.25, -0.2) is 4.98 Å². The van der Waals surface area contributed by atoms with Gasteiger partial charge >= 0.3 is 0 Å². The number of rotatable bonds is 1. The average molecular weight is 199 g/mol. The summed E-state index contributed by atoms with van der Waals surface area (Å²) in [6, 6.07) is 5.36. The maximum Gasteiger partial charge on any atom is 0.248 e. The van der Waals surface area contributed by atoms with Crippen molar-refractivity contribution in [3.8, 4) is 6.07 Å².